The van der Waals surface area contributed by atoms with Crippen LogP contribution in [-0.2, 0) is 11.3 Å². The molecule has 2 rings (SSSR count). The van der Waals surface area contributed by atoms with Gasteiger partial charge in [-0.25, -0.2) is 9.78 Å². The number of nitrogens with two attached hydrogens (primary N) is 1. The van der Waals surface area contributed by atoms with Gasteiger partial charge in [0, 0.05) is 11.8 Å². The van der Waals surface area contributed by atoms with Gasteiger partial charge in [0.05, 0.1) is 7.11 Å². The van der Waals surface area contributed by atoms with Gasteiger partial charge in [0.15, 0.2) is 5.69 Å². The van der Waals surface area contributed by atoms with Crippen LogP contribution < -0.4 is 5.73 Å². The molecule has 0 amide bonds. The van der Waals surface area contributed by atoms with E-state index in [-0.39, 0.29) is 5.69 Å². The Labute approximate surface area is 111 Å². The lowest BCUT2D eigenvalue weighted by Gasteiger charge is -2.22. The lowest BCUT2D eigenvalue weighted by Crippen LogP contribution is -2.19. The number of rotatable bonds is 3. The van der Waals surface area contributed by atoms with E-state index in [0.717, 1.165) is 12.4 Å². The van der Waals surface area contributed by atoms with Gasteiger partial charge >= 0.3 is 5.97 Å². The normalized spacial score (nSPS) is 19.8. The minimum atomic E-state index is -0.467. The summed E-state index contributed by atoms with van der Waals surface area (Å²) in [5, 5.41) is 0.569. The summed E-state index contributed by atoms with van der Waals surface area (Å²) in [5.74, 6) is 1.94. The third-order valence-electron chi connectivity index (χ3n) is 3.24. The largest absolute Gasteiger partial charge is 0.464 e. The zero-order valence-corrected chi connectivity index (χ0v) is 11.6. The lowest BCUT2D eigenvalue weighted by molar-refractivity contribution is 0.0595. The number of hydrogen-bond acceptors (Lipinski definition) is 5. The number of ether oxygens (including phenoxy) is 1. The van der Waals surface area contributed by atoms with Gasteiger partial charge < -0.3 is 15.0 Å². The van der Waals surface area contributed by atoms with Gasteiger partial charge in [-0.05, 0) is 25.5 Å². The highest BCUT2D eigenvalue weighted by atomic mass is 32.2. The highest BCUT2D eigenvalue weighted by Gasteiger charge is 2.22. The quantitative estimate of drug-likeness (QED) is 0.848. The number of thioether (sulfide) groups is 1. The van der Waals surface area contributed by atoms with Crippen molar-refractivity contribution in [1.82, 2.24) is 9.55 Å². The van der Waals surface area contributed by atoms with Crippen molar-refractivity contribution in [2.45, 2.75) is 38.0 Å². The molecule has 6 heteroatoms. The van der Waals surface area contributed by atoms with Crippen LogP contribution in [0.3, 0.4) is 0 Å². The Morgan fingerprint density at radius 1 is 1.61 bits per heavy atom. The summed E-state index contributed by atoms with van der Waals surface area (Å²) in [4.78, 5) is 15.7. The van der Waals surface area contributed by atoms with Crippen molar-refractivity contribution >= 4 is 23.5 Å². The first-order chi connectivity index (χ1) is 8.63. The first-order valence-corrected chi connectivity index (χ1v) is 7.21. The van der Waals surface area contributed by atoms with E-state index < -0.39 is 5.97 Å². The van der Waals surface area contributed by atoms with Crippen LogP contribution in [0.5, 0.6) is 0 Å². The van der Waals surface area contributed by atoms with Gasteiger partial charge in [-0.3, -0.25) is 0 Å². The Morgan fingerprint density at radius 3 is 3.00 bits per heavy atom. The lowest BCUT2D eigenvalue weighted by atomic mass is 10.2. The molecule has 1 atom stereocenters. The minimum Gasteiger partial charge on any atom is -0.464 e. The van der Waals surface area contributed by atoms with E-state index in [9.17, 15) is 4.79 Å². The predicted molar refractivity (Wildman–Crippen MR) is 72.8 cm³/mol. The molecule has 1 fully saturated rings. The molecule has 2 heterocycles. The van der Waals surface area contributed by atoms with Crippen molar-refractivity contribution in [2.24, 2.45) is 0 Å². The number of hydrogen-bond donors (Lipinski definition) is 1. The SMILES string of the molecule is COC(=O)c1nc(C)n(CC2CCCCS2)c1N. The fourth-order valence-corrected chi connectivity index (χ4v) is 3.51. The molecule has 0 bridgehead atoms. The Balaban J connectivity index is 2.17. The summed E-state index contributed by atoms with van der Waals surface area (Å²) < 4.78 is 6.60. The molecule has 0 aliphatic carbocycles. The fraction of sp³-hybridized carbons (Fsp3) is 0.667. The molecule has 1 aliphatic heterocycles. The van der Waals surface area contributed by atoms with Crippen LogP contribution in [0.15, 0.2) is 0 Å². The van der Waals surface area contributed by atoms with Crippen molar-refractivity contribution in [2.75, 3.05) is 18.6 Å². The smallest absolute Gasteiger partial charge is 0.360 e. The summed E-state index contributed by atoms with van der Waals surface area (Å²) in [5.41, 5.74) is 6.22. The number of carbonyl (C=O) groups excluding carboxylic acids is 1. The highest BCUT2D eigenvalue weighted by Crippen LogP contribution is 2.28. The number of esters is 1. The monoisotopic (exact) mass is 269 g/mol. The molecule has 1 aliphatic rings. The average molecular weight is 269 g/mol. The second-order valence-electron chi connectivity index (χ2n) is 4.48. The number of carbonyl (C=O) groups is 1. The molecule has 18 heavy (non-hydrogen) atoms. The third-order valence-corrected chi connectivity index (χ3v) is 4.62. The van der Waals surface area contributed by atoms with Crippen LogP contribution in [0.1, 0.15) is 35.6 Å². The molecular formula is C12H19N3O2S. The van der Waals surface area contributed by atoms with E-state index in [1.165, 1.54) is 32.1 Å². The van der Waals surface area contributed by atoms with E-state index in [1.54, 1.807) is 0 Å². The number of nitrogen functional groups attached to an aromatic ring is 1. The van der Waals surface area contributed by atoms with Gasteiger partial charge in [-0.15, -0.1) is 0 Å². The first-order valence-electron chi connectivity index (χ1n) is 6.16. The van der Waals surface area contributed by atoms with Crippen molar-refractivity contribution in [3.8, 4) is 0 Å². The van der Waals surface area contributed by atoms with Crippen molar-refractivity contribution in [1.29, 1.82) is 0 Å². The molecule has 1 unspecified atom stereocenters. The summed E-state index contributed by atoms with van der Waals surface area (Å²) in [6.45, 7) is 2.70. The maximum Gasteiger partial charge on any atom is 0.360 e. The second-order valence-corrected chi connectivity index (χ2v) is 5.89. The number of aromatic nitrogens is 2. The van der Waals surface area contributed by atoms with Gasteiger partial charge in [-0.1, -0.05) is 6.42 Å². The molecular weight excluding hydrogens is 250 g/mol. The van der Waals surface area contributed by atoms with E-state index in [2.05, 4.69) is 9.72 Å². The molecule has 5 nitrogen and oxygen atoms in total. The Bertz CT molecular complexity index is 439. The first kappa shape index (κ1) is 13.3. The molecule has 1 aromatic heterocycles. The van der Waals surface area contributed by atoms with E-state index in [4.69, 9.17) is 5.73 Å². The van der Waals surface area contributed by atoms with Gasteiger partial charge in [-0.2, -0.15) is 11.8 Å². The minimum absolute atomic E-state index is 0.232. The highest BCUT2D eigenvalue weighted by molar-refractivity contribution is 7.99. The molecule has 1 saturated heterocycles. The van der Waals surface area contributed by atoms with Gasteiger partial charge in [0.1, 0.15) is 11.6 Å². The van der Waals surface area contributed by atoms with Crippen LogP contribution in [0.4, 0.5) is 5.82 Å². The van der Waals surface area contributed by atoms with E-state index >= 15 is 0 Å². The summed E-state index contributed by atoms with van der Waals surface area (Å²) in [6, 6.07) is 0. The zero-order valence-electron chi connectivity index (χ0n) is 10.8. The van der Waals surface area contributed by atoms with Crippen molar-refractivity contribution < 1.29 is 9.53 Å². The van der Waals surface area contributed by atoms with E-state index in [0.29, 0.717) is 11.1 Å². The second kappa shape index (κ2) is 5.65. The van der Waals surface area contributed by atoms with Crippen LogP contribution in [-0.4, -0.2) is 33.6 Å². The summed E-state index contributed by atoms with van der Waals surface area (Å²) >= 11 is 1.98. The molecule has 2 N–H and O–H groups in total. The average Bonchev–Trinajstić information content (AvgIpc) is 2.67. The summed E-state index contributed by atoms with van der Waals surface area (Å²) in [7, 11) is 1.34. The van der Waals surface area contributed by atoms with E-state index in [1.807, 2.05) is 23.3 Å². The van der Waals surface area contributed by atoms with Gasteiger partial charge in [0.2, 0.25) is 0 Å². The summed E-state index contributed by atoms with van der Waals surface area (Å²) in [6.07, 6.45) is 3.78. The topological polar surface area (TPSA) is 70.1 Å². The molecule has 0 spiro atoms. The number of imidazole rings is 1. The van der Waals surface area contributed by atoms with Crippen LogP contribution >= 0.6 is 11.8 Å². The molecule has 0 saturated carbocycles. The van der Waals surface area contributed by atoms with Crippen molar-refractivity contribution in [3.63, 3.8) is 0 Å². The Morgan fingerprint density at radius 2 is 2.39 bits per heavy atom. The van der Waals surface area contributed by atoms with Crippen molar-refractivity contribution in [3.05, 3.63) is 11.5 Å². The Kier molecular flexibility index (Phi) is 4.16. The number of methoxy groups -OCH3 is 1. The molecule has 1 aromatic rings. The zero-order chi connectivity index (χ0) is 13.1. The van der Waals surface area contributed by atoms with Gasteiger partial charge in [0.25, 0.3) is 0 Å². The predicted octanol–water partition coefficient (Wildman–Crippen LogP) is 1.85. The maximum absolute atomic E-state index is 11.5. The fourth-order valence-electron chi connectivity index (χ4n) is 2.21. The number of aryl methyl sites for hydroxylation is 1. The standard InChI is InChI=1S/C12H19N3O2S/c1-8-14-10(12(16)17-2)11(13)15(8)7-9-5-3-4-6-18-9/h9H,3-7,13H2,1-2H3. The van der Waals surface area contributed by atoms with Crippen LogP contribution in [0, 0.1) is 6.92 Å². The Hall–Kier alpha value is -1.17. The number of nitrogens with zero attached hydrogens (tertiary/aromatic N) is 2. The maximum atomic E-state index is 11.5. The van der Waals surface area contributed by atoms with Crippen LogP contribution in [0.2, 0.25) is 0 Å². The number of anilines is 1. The molecule has 100 valence electrons. The third kappa shape index (κ3) is 2.63. The molecule has 0 aromatic carbocycles. The van der Waals surface area contributed by atoms with Crippen LogP contribution in [0.25, 0.3) is 0 Å². The molecule has 0 radical (unpaired) electrons.